The van der Waals surface area contributed by atoms with Crippen LogP contribution in [0.1, 0.15) is 58.4 Å². The summed E-state index contributed by atoms with van der Waals surface area (Å²) in [7, 11) is 0. The number of hydrogen-bond donors (Lipinski definition) is 1. The van der Waals surface area contributed by atoms with Crippen LogP contribution in [0.4, 0.5) is 11.4 Å². The number of fused-ring (bicyclic) bond motifs is 5. The summed E-state index contributed by atoms with van der Waals surface area (Å²) in [5, 5.41) is 2.61. The van der Waals surface area contributed by atoms with Crippen LogP contribution < -0.4 is 10.2 Å². The summed E-state index contributed by atoms with van der Waals surface area (Å²) < 4.78 is 10.3. The van der Waals surface area contributed by atoms with Crippen molar-refractivity contribution >= 4 is 41.0 Å². The van der Waals surface area contributed by atoms with Gasteiger partial charge in [0.25, 0.3) is 5.91 Å². The average molecular weight is 581 g/mol. The van der Waals surface area contributed by atoms with Crippen LogP contribution in [0.25, 0.3) is 0 Å². The number of nitrogens with one attached hydrogen (secondary N) is 1. The highest BCUT2D eigenvalue weighted by atomic mass is 16.5. The van der Waals surface area contributed by atoms with Gasteiger partial charge in [-0.3, -0.25) is 19.3 Å². The maximum absolute atomic E-state index is 13.6. The molecule has 43 heavy (non-hydrogen) atoms. The van der Waals surface area contributed by atoms with Gasteiger partial charge in [0, 0.05) is 5.69 Å². The molecule has 3 aromatic rings. The molecule has 2 aliphatic carbocycles. The Morgan fingerprint density at radius 3 is 2.28 bits per heavy atom. The number of carbonyl (C=O) groups is 5. The van der Waals surface area contributed by atoms with Gasteiger partial charge in [0.2, 0.25) is 11.8 Å². The quantitative estimate of drug-likeness (QED) is 0.280. The average Bonchev–Trinajstić information content (AvgIpc) is 3.70. The van der Waals surface area contributed by atoms with Crippen molar-refractivity contribution in [2.24, 2.45) is 23.7 Å². The maximum Gasteiger partial charge on any atom is 0.338 e. The second kappa shape index (κ2) is 11.8. The molecule has 220 valence electrons. The zero-order valence-corrected chi connectivity index (χ0v) is 23.7. The van der Waals surface area contributed by atoms with E-state index in [0.29, 0.717) is 23.5 Å². The molecule has 1 N–H and O–H groups in total. The van der Waals surface area contributed by atoms with Crippen LogP contribution in [0.2, 0.25) is 0 Å². The molecule has 1 saturated heterocycles. The Hall–Kier alpha value is -4.79. The summed E-state index contributed by atoms with van der Waals surface area (Å²) in [4.78, 5) is 65.5. The molecule has 0 unspecified atom stereocenters. The van der Waals surface area contributed by atoms with Crippen molar-refractivity contribution in [3.05, 3.63) is 95.6 Å². The first-order valence-corrected chi connectivity index (χ1v) is 14.6. The van der Waals surface area contributed by atoms with E-state index in [1.165, 1.54) is 34.7 Å². The summed E-state index contributed by atoms with van der Waals surface area (Å²) >= 11 is 0. The molecule has 0 radical (unpaired) electrons. The van der Waals surface area contributed by atoms with Crippen LogP contribution in [-0.2, 0) is 23.9 Å². The number of rotatable bonds is 9. The van der Waals surface area contributed by atoms with Crippen LogP contribution in [-0.4, -0.2) is 42.9 Å². The topological polar surface area (TPSA) is 119 Å². The van der Waals surface area contributed by atoms with E-state index in [4.69, 9.17) is 9.47 Å². The fourth-order valence-corrected chi connectivity index (χ4v) is 6.95. The summed E-state index contributed by atoms with van der Waals surface area (Å²) in [5.74, 6) is -2.31. The number of carbonyl (C=O) groups excluding carboxylic acids is 5. The number of hydrogen-bond acceptors (Lipinski definition) is 7. The molecule has 5 atom stereocenters. The van der Waals surface area contributed by atoms with Crippen molar-refractivity contribution in [2.75, 3.05) is 23.4 Å². The van der Waals surface area contributed by atoms with E-state index in [1.54, 1.807) is 24.3 Å². The van der Waals surface area contributed by atoms with E-state index >= 15 is 0 Å². The van der Waals surface area contributed by atoms with Gasteiger partial charge in [-0.15, -0.1) is 0 Å². The number of esters is 2. The van der Waals surface area contributed by atoms with Gasteiger partial charge in [0.1, 0.15) is 0 Å². The Bertz CT molecular complexity index is 1570. The van der Waals surface area contributed by atoms with Crippen LogP contribution >= 0.6 is 0 Å². The third-order valence-electron chi connectivity index (χ3n) is 8.76. The van der Waals surface area contributed by atoms with Crippen molar-refractivity contribution in [3.8, 4) is 0 Å². The van der Waals surface area contributed by atoms with Crippen molar-refractivity contribution in [1.82, 2.24) is 0 Å². The number of imide groups is 1. The van der Waals surface area contributed by atoms with E-state index in [0.717, 1.165) is 19.3 Å². The van der Waals surface area contributed by atoms with Crippen molar-refractivity contribution < 1.29 is 33.4 Å². The van der Waals surface area contributed by atoms with Crippen molar-refractivity contribution in [2.45, 2.75) is 32.1 Å². The molecule has 1 aliphatic heterocycles. The molecule has 3 aromatic carbocycles. The van der Waals surface area contributed by atoms with Crippen LogP contribution in [0.15, 0.2) is 78.9 Å². The van der Waals surface area contributed by atoms with Gasteiger partial charge in [-0.05, 0) is 85.0 Å². The van der Waals surface area contributed by atoms with Gasteiger partial charge in [0.15, 0.2) is 6.61 Å². The van der Waals surface area contributed by atoms with Gasteiger partial charge in [0.05, 0.1) is 35.3 Å². The minimum absolute atomic E-state index is 0.122. The second-order valence-corrected chi connectivity index (χ2v) is 11.4. The molecular weight excluding hydrogens is 548 g/mol. The zero-order valence-electron chi connectivity index (χ0n) is 23.7. The number of amides is 3. The molecule has 3 aliphatic rings. The smallest absolute Gasteiger partial charge is 0.338 e. The molecule has 9 nitrogen and oxygen atoms in total. The van der Waals surface area contributed by atoms with E-state index < -0.39 is 24.5 Å². The summed E-state index contributed by atoms with van der Waals surface area (Å²) in [6, 6.07) is 22.6. The number of anilines is 2. The normalized spacial score (nSPS) is 23.7. The molecule has 0 aromatic heterocycles. The zero-order chi connectivity index (χ0) is 30.1. The highest BCUT2D eigenvalue weighted by Crippen LogP contribution is 2.61. The van der Waals surface area contributed by atoms with Crippen LogP contribution in [0.3, 0.4) is 0 Å². The predicted octanol–water partition coefficient (Wildman–Crippen LogP) is 4.98. The molecule has 9 heteroatoms. The lowest BCUT2D eigenvalue weighted by molar-refractivity contribution is -0.123. The Morgan fingerprint density at radius 2 is 1.53 bits per heavy atom. The molecule has 2 saturated carbocycles. The number of nitrogens with zero attached hydrogens (tertiary/aromatic N) is 1. The molecular formula is C34H32N2O7. The van der Waals surface area contributed by atoms with E-state index in [1.807, 2.05) is 25.1 Å². The number of benzene rings is 3. The predicted molar refractivity (Wildman–Crippen MR) is 157 cm³/mol. The standard InChI is InChI=1S/C34H32N2O7/c1-2-15-42-33(40)21-11-13-24(14-12-21)35-28(37)19-43-34(41)22-9-6-10-25(16-22)36-31(38)29-23-17-26(20-7-4-3-5-8-20)27(18-23)30(29)32(36)39/h3-14,16,23,26-27,29-30H,2,15,17-19H2,1H3,(H,35,37)/t23-,26+,27+,29+,30-/m0/s1. The van der Waals surface area contributed by atoms with Crippen molar-refractivity contribution in [1.29, 1.82) is 0 Å². The fraction of sp³-hybridized carbons (Fsp3) is 0.324. The van der Waals surface area contributed by atoms with E-state index in [9.17, 15) is 24.0 Å². The first kappa shape index (κ1) is 28.3. The van der Waals surface area contributed by atoms with Gasteiger partial charge >= 0.3 is 11.9 Å². The third-order valence-corrected chi connectivity index (χ3v) is 8.76. The Kier molecular flexibility index (Phi) is 7.80. The fourth-order valence-electron chi connectivity index (χ4n) is 6.95. The largest absolute Gasteiger partial charge is 0.462 e. The SMILES string of the molecule is CCCOC(=O)c1ccc(NC(=O)COC(=O)c2cccc(N3C(=O)[C@@H]4[C@@H]5C[C@@H]([C@@H]4C3=O)[C@@H](c3ccccc3)C5)c2)cc1. The van der Waals surface area contributed by atoms with Gasteiger partial charge in [-0.25, -0.2) is 9.59 Å². The summed E-state index contributed by atoms with van der Waals surface area (Å²) in [6.07, 6.45) is 2.49. The maximum atomic E-state index is 13.6. The highest BCUT2D eigenvalue weighted by molar-refractivity contribution is 6.23. The lowest BCUT2D eigenvalue weighted by Crippen LogP contribution is -2.33. The molecule has 3 fully saturated rings. The van der Waals surface area contributed by atoms with E-state index in [2.05, 4.69) is 17.4 Å². The lowest BCUT2D eigenvalue weighted by atomic mass is 9.73. The van der Waals surface area contributed by atoms with Gasteiger partial charge < -0.3 is 14.8 Å². The molecule has 1 heterocycles. The van der Waals surface area contributed by atoms with Crippen LogP contribution in [0.5, 0.6) is 0 Å². The monoisotopic (exact) mass is 580 g/mol. The molecule has 0 spiro atoms. The van der Waals surface area contributed by atoms with E-state index in [-0.39, 0.29) is 47.0 Å². The lowest BCUT2D eigenvalue weighted by Gasteiger charge is -2.28. The Balaban J connectivity index is 1.07. The molecule has 6 rings (SSSR count). The molecule has 3 amide bonds. The van der Waals surface area contributed by atoms with Crippen molar-refractivity contribution in [3.63, 3.8) is 0 Å². The Labute approximate surface area is 249 Å². The minimum Gasteiger partial charge on any atom is -0.462 e. The van der Waals surface area contributed by atoms with Crippen LogP contribution in [0, 0.1) is 23.7 Å². The first-order valence-electron chi connectivity index (χ1n) is 14.6. The van der Waals surface area contributed by atoms with Gasteiger partial charge in [-0.1, -0.05) is 43.3 Å². The molecule has 2 bridgehead atoms. The van der Waals surface area contributed by atoms with Gasteiger partial charge in [-0.2, -0.15) is 0 Å². The first-order chi connectivity index (χ1) is 20.9. The highest BCUT2D eigenvalue weighted by Gasteiger charge is 2.64. The second-order valence-electron chi connectivity index (χ2n) is 11.4. The Morgan fingerprint density at radius 1 is 0.814 bits per heavy atom. The number of ether oxygens (including phenoxy) is 2. The summed E-state index contributed by atoms with van der Waals surface area (Å²) in [5.41, 5.74) is 2.46. The summed E-state index contributed by atoms with van der Waals surface area (Å²) in [6.45, 7) is 1.69. The minimum atomic E-state index is -0.755. The third kappa shape index (κ3) is 5.43.